The SMILES string of the molecule is CCCCc1nnc(OCC2CNCCC2(F)F)cc1-c1ccc(OC2CCCCC2)cc1. The molecule has 1 unspecified atom stereocenters. The smallest absolute Gasteiger partial charge is 0.256 e. The number of unbranched alkanes of at least 4 members (excludes halogenated alkanes) is 1. The summed E-state index contributed by atoms with van der Waals surface area (Å²) in [7, 11) is 0. The van der Waals surface area contributed by atoms with Crippen LogP contribution in [-0.4, -0.2) is 41.9 Å². The zero-order chi connectivity index (χ0) is 23.1. The summed E-state index contributed by atoms with van der Waals surface area (Å²) in [6, 6.07) is 9.91. The molecular formula is C26H35F2N3O2. The van der Waals surface area contributed by atoms with Crippen molar-refractivity contribution in [1.29, 1.82) is 0 Å². The number of hydrogen-bond acceptors (Lipinski definition) is 5. The topological polar surface area (TPSA) is 56.3 Å². The summed E-state index contributed by atoms with van der Waals surface area (Å²) in [6.07, 6.45) is 9.01. The van der Waals surface area contributed by atoms with Crippen LogP contribution in [0, 0.1) is 5.92 Å². The molecule has 180 valence electrons. The van der Waals surface area contributed by atoms with E-state index in [2.05, 4.69) is 22.4 Å². The number of aromatic nitrogens is 2. The molecule has 2 aromatic rings. The number of aryl methyl sites for hydroxylation is 1. The lowest BCUT2D eigenvalue weighted by Crippen LogP contribution is -2.47. The van der Waals surface area contributed by atoms with Crippen LogP contribution in [-0.2, 0) is 6.42 Å². The number of nitrogens with one attached hydrogen (secondary N) is 1. The summed E-state index contributed by atoms with van der Waals surface area (Å²) >= 11 is 0. The van der Waals surface area contributed by atoms with Crippen LogP contribution in [0.25, 0.3) is 11.1 Å². The van der Waals surface area contributed by atoms with Gasteiger partial charge in [-0.15, -0.1) is 5.10 Å². The van der Waals surface area contributed by atoms with E-state index < -0.39 is 11.8 Å². The molecule has 33 heavy (non-hydrogen) atoms. The zero-order valence-electron chi connectivity index (χ0n) is 19.5. The second kappa shape index (κ2) is 11.2. The van der Waals surface area contributed by atoms with Crippen molar-refractivity contribution in [3.63, 3.8) is 0 Å². The van der Waals surface area contributed by atoms with Crippen molar-refractivity contribution in [3.05, 3.63) is 36.0 Å². The van der Waals surface area contributed by atoms with Crippen molar-refractivity contribution in [2.24, 2.45) is 5.92 Å². The number of ether oxygens (including phenoxy) is 2. The summed E-state index contributed by atoms with van der Waals surface area (Å²) in [5, 5.41) is 11.6. The second-order valence-electron chi connectivity index (χ2n) is 9.27. The first-order valence-electron chi connectivity index (χ1n) is 12.4. The first kappa shape index (κ1) is 23.9. The standard InChI is InChI=1S/C26H35F2N3O2/c1-2-3-9-24-23(19-10-12-22(13-11-19)33-21-7-5-4-6-8-21)16-25(31-30-24)32-18-20-17-29-15-14-26(20,27)28/h10-13,16,20-21,29H,2-9,14-15,17-18H2,1H3. The Kier molecular flexibility index (Phi) is 8.12. The van der Waals surface area contributed by atoms with E-state index in [9.17, 15) is 8.78 Å². The van der Waals surface area contributed by atoms with E-state index in [1.165, 1.54) is 19.3 Å². The fourth-order valence-electron chi connectivity index (χ4n) is 4.59. The Morgan fingerprint density at radius 2 is 1.88 bits per heavy atom. The van der Waals surface area contributed by atoms with E-state index in [0.29, 0.717) is 12.6 Å². The van der Waals surface area contributed by atoms with E-state index in [1.807, 2.05) is 30.3 Å². The van der Waals surface area contributed by atoms with Crippen LogP contribution < -0.4 is 14.8 Å². The van der Waals surface area contributed by atoms with Crippen molar-refractivity contribution >= 4 is 0 Å². The molecule has 0 bridgehead atoms. The normalized spacial score (nSPS) is 21.0. The minimum absolute atomic E-state index is 0.0867. The second-order valence-corrected chi connectivity index (χ2v) is 9.27. The highest BCUT2D eigenvalue weighted by Crippen LogP contribution is 2.32. The van der Waals surface area contributed by atoms with Gasteiger partial charge in [-0.05, 0) is 56.2 Å². The quantitative estimate of drug-likeness (QED) is 0.512. The lowest BCUT2D eigenvalue weighted by molar-refractivity contribution is -0.0909. The average molecular weight is 460 g/mol. The van der Waals surface area contributed by atoms with E-state index in [4.69, 9.17) is 9.47 Å². The van der Waals surface area contributed by atoms with Crippen LogP contribution in [0.3, 0.4) is 0 Å². The number of alkyl halides is 2. The number of rotatable bonds is 9. The average Bonchev–Trinajstić information content (AvgIpc) is 2.83. The van der Waals surface area contributed by atoms with Crippen LogP contribution in [0.15, 0.2) is 30.3 Å². The van der Waals surface area contributed by atoms with Gasteiger partial charge < -0.3 is 14.8 Å². The van der Waals surface area contributed by atoms with Gasteiger partial charge >= 0.3 is 0 Å². The molecule has 1 N–H and O–H groups in total. The highest BCUT2D eigenvalue weighted by molar-refractivity contribution is 5.67. The number of halogens is 2. The third kappa shape index (κ3) is 6.40. The lowest BCUT2D eigenvalue weighted by atomic mass is 9.96. The molecule has 0 spiro atoms. The third-order valence-electron chi connectivity index (χ3n) is 6.69. The summed E-state index contributed by atoms with van der Waals surface area (Å²) in [6.45, 7) is 2.63. The third-order valence-corrected chi connectivity index (χ3v) is 6.69. The molecule has 2 heterocycles. The van der Waals surface area contributed by atoms with Crippen LogP contribution in [0.5, 0.6) is 11.6 Å². The van der Waals surface area contributed by atoms with Gasteiger partial charge in [0.1, 0.15) is 5.75 Å². The zero-order valence-corrected chi connectivity index (χ0v) is 19.5. The Hall–Kier alpha value is -2.28. The van der Waals surface area contributed by atoms with Gasteiger partial charge in [-0.1, -0.05) is 31.9 Å². The summed E-state index contributed by atoms with van der Waals surface area (Å²) < 4.78 is 40.2. The van der Waals surface area contributed by atoms with Gasteiger partial charge in [0.2, 0.25) is 5.88 Å². The molecule has 1 saturated heterocycles. The van der Waals surface area contributed by atoms with E-state index in [0.717, 1.165) is 54.7 Å². The largest absolute Gasteiger partial charge is 0.490 e. The predicted molar refractivity (Wildman–Crippen MR) is 125 cm³/mol. The molecular weight excluding hydrogens is 424 g/mol. The van der Waals surface area contributed by atoms with Crippen LogP contribution in [0.4, 0.5) is 8.78 Å². The van der Waals surface area contributed by atoms with Crippen molar-refractivity contribution in [2.75, 3.05) is 19.7 Å². The number of benzene rings is 1. The van der Waals surface area contributed by atoms with Gasteiger partial charge in [0.05, 0.1) is 24.3 Å². The highest BCUT2D eigenvalue weighted by Gasteiger charge is 2.41. The van der Waals surface area contributed by atoms with Gasteiger partial charge in [0.15, 0.2) is 0 Å². The molecule has 1 aromatic carbocycles. The Labute approximate surface area is 195 Å². The monoisotopic (exact) mass is 459 g/mol. The Morgan fingerprint density at radius 3 is 2.61 bits per heavy atom. The fraction of sp³-hybridized carbons (Fsp3) is 0.615. The Bertz CT molecular complexity index is 886. The highest BCUT2D eigenvalue weighted by atomic mass is 19.3. The number of nitrogens with zero attached hydrogens (tertiary/aromatic N) is 2. The molecule has 2 fully saturated rings. The van der Waals surface area contributed by atoms with Gasteiger partial charge in [-0.25, -0.2) is 8.78 Å². The van der Waals surface area contributed by atoms with Gasteiger partial charge in [-0.3, -0.25) is 0 Å². The molecule has 1 aliphatic carbocycles. The minimum Gasteiger partial charge on any atom is -0.490 e. The van der Waals surface area contributed by atoms with Crippen molar-refractivity contribution in [1.82, 2.24) is 15.5 Å². The maximum absolute atomic E-state index is 14.2. The molecule has 1 aliphatic heterocycles. The molecule has 1 saturated carbocycles. The summed E-state index contributed by atoms with van der Waals surface area (Å²) in [4.78, 5) is 0. The molecule has 1 aromatic heterocycles. The number of hydrogen-bond donors (Lipinski definition) is 1. The Balaban J connectivity index is 1.48. The van der Waals surface area contributed by atoms with Crippen LogP contribution >= 0.6 is 0 Å². The van der Waals surface area contributed by atoms with E-state index in [1.54, 1.807) is 0 Å². The minimum atomic E-state index is -2.73. The Morgan fingerprint density at radius 1 is 1.09 bits per heavy atom. The molecule has 4 rings (SSSR count). The fourth-order valence-corrected chi connectivity index (χ4v) is 4.59. The maximum Gasteiger partial charge on any atom is 0.256 e. The molecule has 2 aliphatic rings. The molecule has 5 nitrogen and oxygen atoms in total. The van der Waals surface area contributed by atoms with Crippen LogP contribution in [0.2, 0.25) is 0 Å². The molecule has 0 radical (unpaired) electrons. The van der Waals surface area contributed by atoms with Crippen LogP contribution in [0.1, 0.15) is 64.0 Å². The van der Waals surface area contributed by atoms with E-state index in [-0.39, 0.29) is 25.5 Å². The lowest BCUT2D eigenvalue weighted by Gasteiger charge is -2.31. The van der Waals surface area contributed by atoms with Gasteiger partial charge in [0.25, 0.3) is 5.92 Å². The predicted octanol–water partition coefficient (Wildman–Crippen LogP) is 5.82. The first-order chi connectivity index (χ1) is 16.0. The molecule has 0 amide bonds. The molecule has 7 heteroatoms. The van der Waals surface area contributed by atoms with Crippen molar-refractivity contribution < 1.29 is 18.3 Å². The van der Waals surface area contributed by atoms with Gasteiger partial charge in [0, 0.05) is 31.1 Å². The number of piperidine rings is 1. The van der Waals surface area contributed by atoms with Gasteiger partial charge in [-0.2, -0.15) is 5.10 Å². The summed E-state index contributed by atoms with van der Waals surface area (Å²) in [5.74, 6) is -2.43. The van der Waals surface area contributed by atoms with Crippen molar-refractivity contribution in [3.8, 4) is 22.8 Å². The maximum atomic E-state index is 14.2. The van der Waals surface area contributed by atoms with Crippen molar-refractivity contribution in [2.45, 2.75) is 76.7 Å². The van der Waals surface area contributed by atoms with E-state index >= 15 is 0 Å². The summed E-state index contributed by atoms with van der Waals surface area (Å²) in [5.41, 5.74) is 2.84. The first-order valence-corrected chi connectivity index (χ1v) is 12.4. The molecule has 1 atom stereocenters.